The first-order valence-electron chi connectivity index (χ1n) is 8.38. The molecule has 0 saturated carbocycles. The monoisotopic (exact) mass is 383 g/mol. The van der Waals surface area contributed by atoms with Crippen molar-refractivity contribution >= 4 is 23.5 Å². The van der Waals surface area contributed by atoms with Gasteiger partial charge in [-0.15, -0.1) is 0 Å². The van der Waals surface area contributed by atoms with Gasteiger partial charge in [-0.25, -0.2) is 4.79 Å². The first-order chi connectivity index (χ1) is 13.3. The number of esters is 1. The summed E-state index contributed by atoms with van der Waals surface area (Å²) in [6, 6.07) is 8.95. The summed E-state index contributed by atoms with van der Waals surface area (Å²) in [5.74, 6) is -0.0128. The van der Waals surface area contributed by atoms with Crippen LogP contribution < -0.4 is 9.47 Å². The number of ether oxygens (including phenoxy) is 3. The fourth-order valence-electron chi connectivity index (χ4n) is 2.81. The molecule has 0 aromatic heterocycles. The molecule has 3 rings (SSSR count). The lowest BCUT2D eigenvalue weighted by molar-refractivity contribution is -0.384. The minimum atomic E-state index is -0.810. The summed E-state index contributed by atoms with van der Waals surface area (Å²) in [5, 5.41) is 10.7. The number of benzene rings is 2. The Kier molecular flexibility index (Phi) is 5.12. The van der Waals surface area contributed by atoms with Gasteiger partial charge in [-0.3, -0.25) is 14.9 Å². The third-order valence-corrected chi connectivity index (χ3v) is 4.19. The SMILES string of the molecule is COC(=O)C(C)Oc1cc(C)c2c(c1)O/C(=C\c1ccc([N+](=O)[O-])cc1)C2=O. The molecule has 0 saturated heterocycles. The zero-order chi connectivity index (χ0) is 20.4. The molecule has 0 N–H and O–H groups in total. The average Bonchev–Trinajstić information content (AvgIpc) is 2.97. The molecular weight excluding hydrogens is 366 g/mol. The van der Waals surface area contributed by atoms with Gasteiger partial charge in [0.25, 0.3) is 5.69 Å². The summed E-state index contributed by atoms with van der Waals surface area (Å²) >= 11 is 0. The predicted octanol–water partition coefficient (Wildman–Crippen LogP) is 3.46. The highest BCUT2D eigenvalue weighted by Crippen LogP contribution is 2.37. The molecule has 0 bridgehead atoms. The van der Waals surface area contributed by atoms with Gasteiger partial charge in [0.2, 0.25) is 5.78 Å². The maximum Gasteiger partial charge on any atom is 0.346 e. The van der Waals surface area contributed by atoms with E-state index in [-0.39, 0.29) is 17.2 Å². The number of nitrogens with zero attached hydrogens (tertiary/aromatic N) is 1. The molecule has 1 aliphatic heterocycles. The quantitative estimate of drug-likeness (QED) is 0.337. The van der Waals surface area contributed by atoms with Crippen molar-refractivity contribution in [1.29, 1.82) is 0 Å². The van der Waals surface area contributed by atoms with Crippen LogP contribution in [0.25, 0.3) is 6.08 Å². The van der Waals surface area contributed by atoms with Crippen LogP contribution in [0.15, 0.2) is 42.2 Å². The number of ketones is 1. The van der Waals surface area contributed by atoms with E-state index >= 15 is 0 Å². The van der Waals surface area contributed by atoms with Gasteiger partial charge in [0, 0.05) is 18.2 Å². The predicted molar refractivity (Wildman–Crippen MR) is 99.3 cm³/mol. The maximum absolute atomic E-state index is 12.7. The molecule has 2 aromatic rings. The number of nitro groups is 1. The van der Waals surface area contributed by atoms with E-state index in [4.69, 9.17) is 9.47 Å². The Morgan fingerprint density at radius 2 is 1.93 bits per heavy atom. The standard InChI is InChI=1S/C20H17NO7/c1-11-8-15(27-12(2)20(23)26-3)10-16-18(11)19(22)17(28-16)9-13-4-6-14(7-5-13)21(24)25/h4-10,12H,1-3H3/b17-9-. The summed E-state index contributed by atoms with van der Waals surface area (Å²) in [7, 11) is 1.27. The average molecular weight is 383 g/mol. The van der Waals surface area contributed by atoms with Crippen molar-refractivity contribution in [3.63, 3.8) is 0 Å². The van der Waals surface area contributed by atoms with Crippen LogP contribution in [0, 0.1) is 17.0 Å². The van der Waals surface area contributed by atoms with Crippen LogP contribution in [0.3, 0.4) is 0 Å². The lowest BCUT2D eigenvalue weighted by atomic mass is 10.0. The molecule has 0 radical (unpaired) electrons. The Morgan fingerprint density at radius 1 is 1.25 bits per heavy atom. The Morgan fingerprint density at radius 3 is 2.54 bits per heavy atom. The van der Waals surface area contributed by atoms with Crippen LogP contribution >= 0.6 is 0 Å². The molecule has 1 aliphatic rings. The highest BCUT2D eigenvalue weighted by Gasteiger charge is 2.30. The second kappa shape index (κ2) is 7.51. The third-order valence-electron chi connectivity index (χ3n) is 4.19. The summed E-state index contributed by atoms with van der Waals surface area (Å²) in [6.45, 7) is 3.30. The van der Waals surface area contributed by atoms with Gasteiger partial charge in [-0.1, -0.05) is 0 Å². The molecule has 2 aromatic carbocycles. The van der Waals surface area contributed by atoms with Gasteiger partial charge in [-0.05, 0) is 49.2 Å². The van der Waals surface area contributed by atoms with Crippen LogP contribution in [-0.4, -0.2) is 29.9 Å². The number of carbonyl (C=O) groups is 2. The Bertz CT molecular complexity index is 992. The van der Waals surface area contributed by atoms with Crippen molar-refractivity contribution in [3.8, 4) is 11.5 Å². The number of allylic oxidation sites excluding steroid dienone is 1. The highest BCUT2D eigenvalue weighted by molar-refractivity contribution is 6.15. The van der Waals surface area contributed by atoms with E-state index in [1.54, 1.807) is 19.9 Å². The topological polar surface area (TPSA) is 105 Å². The van der Waals surface area contributed by atoms with Crippen molar-refractivity contribution in [2.75, 3.05) is 7.11 Å². The minimum Gasteiger partial charge on any atom is -0.479 e. The lowest BCUT2D eigenvalue weighted by Gasteiger charge is -2.13. The molecule has 28 heavy (non-hydrogen) atoms. The number of hydrogen-bond donors (Lipinski definition) is 0. The van der Waals surface area contributed by atoms with E-state index in [0.29, 0.717) is 28.2 Å². The number of carbonyl (C=O) groups excluding carboxylic acids is 2. The fourth-order valence-corrected chi connectivity index (χ4v) is 2.81. The number of non-ortho nitro benzene ring substituents is 1. The second-order valence-electron chi connectivity index (χ2n) is 6.18. The summed E-state index contributed by atoms with van der Waals surface area (Å²) in [4.78, 5) is 34.4. The van der Waals surface area contributed by atoms with Crippen molar-refractivity contribution in [2.45, 2.75) is 20.0 Å². The van der Waals surface area contributed by atoms with Gasteiger partial charge >= 0.3 is 5.97 Å². The smallest absolute Gasteiger partial charge is 0.346 e. The summed E-state index contributed by atoms with van der Waals surface area (Å²) in [5.41, 5.74) is 1.60. The maximum atomic E-state index is 12.7. The molecule has 1 atom stereocenters. The molecule has 8 nitrogen and oxygen atoms in total. The summed E-state index contributed by atoms with van der Waals surface area (Å²) < 4.78 is 15.9. The van der Waals surface area contributed by atoms with Crippen LogP contribution in [-0.2, 0) is 9.53 Å². The second-order valence-corrected chi connectivity index (χ2v) is 6.18. The number of aryl methyl sites for hydroxylation is 1. The van der Waals surface area contributed by atoms with Crippen molar-refractivity contribution in [3.05, 3.63) is 69.0 Å². The Balaban J connectivity index is 1.86. The molecule has 144 valence electrons. The Hall–Kier alpha value is -3.68. The molecule has 0 spiro atoms. The third kappa shape index (κ3) is 3.71. The zero-order valence-corrected chi connectivity index (χ0v) is 15.4. The van der Waals surface area contributed by atoms with Crippen molar-refractivity contribution in [2.24, 2.45) is 0 Å². The highest BCUT2D eigenvalue weighted by atomic mass is 16.6. The number of methoxy groups -OCH3 is 1. The minimum absolute atomic E-state index is 0.0403. The van der Waals surface area contributed by atoms with Gasteiger partial charge in [0.1, 0.15) is 11.5 Å². The lowest BCUT2D eigenvalue weighted by Crippen LogP contribution is -2.24. The molecule has 8 heteroatoms. The van der Waals surface area contributed by atoms with Gasteiger partial charge in [0.15, 0.2) is 11.9 Å². The first-order valence-corrected chi connectivity index (χ1v) is 8.38. The number of rotatable bonds is 5. The van der Waals surface area contributed by atoms with E-state index in [9.17, 15) is 19.7 Å². The van der Waals surface area contributed by atoms with E-state index in [1.807, 2.05) is 0 Å². The molecule has 1 heterocycles. The number of Topliss-reactive ketones (excluding diaryl/α,β-unsaturated/α-hetero) is 1. The van der Waals surface area contributed by atoms with Crippen LogP contribution in [0.5, 0.6) is 11.5 Å². The molecule has 1 unspecified atom stereocenters. The zero-order valence-electron chi connectivity index (χ0n) is 15.4. The van der Waals surface area contributed by atoms with E-state index in [1.165, 1.54) is 43.5 Å². The number of nitro benzene ring substituents is 1. The number of hydrogen-bond acceptors (Lipinski definition) is 7. The normalized spacial score (nSPS) is 15.0. The fraction of sp³-hybridized carbons (Fsp3) is 0.200. The molecular formula is C20H17NO7. The van der Waals surface area contributed by atoms with E-state index < -0.39 is 17.0 Å². The molecule has 0 aliphatic carbocycles. The van der Waals surface area contributed by atoms with Crippen molar-refractivity contribution in [1.82, 2.24) is 0 Å². The number of fused-ring (bicyclic) bond motifs is 1. The van der Waals surface area contributed by atoms with E-state index in [0.717, 1.165) is 0 Å². The van der Waals surface area contributed by atoms with Crippen molar-refractivity contribution < 1.29 is 28.7 Å². The molecule has 0 fully saturated rings. The largest absolute Gasteiger partial charge is 0.479 e. The van der Waals surface area contributed by atoms with Crippen LogP contribution in [0.1, 0.15) is 28.4 Å². The van der Waals surface area contributed by atoms with Gasteiger partial charge in [0.05, 0.1) is 17.6 Å². The van der Waals surface area contributed by atoms with E-state index in [2.05, 4.69) is 4.74 Å². The van der Waals surface area contributed by atoms with Gasteiger partial charge < -0.3 is 14.2 Å². The van der Waals surface area contributed by atoms with Gasteiger partial charge in [-0.2, -0.15) is 0 Å². The van der Waals surface area contributed by atoms with Crippen LogP contribution in [0.4, 0.5) is 5.69 Å². The Labute approximate surface area is 160 Å². The first kappa shape index (κ1) is 19.1. The summed E-state index contributed by atoms with van der Waals surface area (Å²) in [6.07, 6.45) is 0.706. The van der Waals surface area contributed by atoms with Crippen LogP contribution in [0.2, 0.25) is 0 Å². The molecule has 0 amide bonds.